The number of anilines is 1. The van der Waals surface area contributed by atoms with Crippen molar-refractivity contribution in [1.29, 1.82) is 0 Å². The summed E-state index contributed by atoms with van der Waals surface area (Å²) >= 11 is 3.54. The smallest absolute Gasteiger partial charge is 0.245 e. The third-order valence-corrected chi connectivity index (χ3v) is 6.22. The average molecular weight is 487 g/mol. The van der Waals surface area contributed by atoms with Gasteiger partial charge in [-0.15, -0.1) is 24.8 Å². The van der Waals surface area contributed by atoms with Crippen LogP contribution in [0.4, 0.5) is 5.69 Å². The predicted octanol–water partition coefficient (Wildman–Crippen LogP) is 4.13. The van der Waals surface area contributed by atoms with Crippen LogP contribution in [0.15, 0.2) is 54.6 Å². The lowest BCUT2D eigenvalue weighted by Gasteiger charge is -2.35. The summed E-state index contributed by atoms with van der Waals surface area (Å²) in [5.74, 6) is 0.161. The fourth-order valence-corrected chi connectivity index (χ4v) is 4.46. The van der Waals surface area contributed by atoms with E-state index in [0.717, 1.165) is 57.1 Å². The molecule has 0 aromatic heterocycles. The Morgan fingerprint density at radius 3 is 2.14 bits per heavy atom. The van der Waals surface area contributed by atoms with Crippen LogP contribution in [0.3, 0.4) is 0 Å². The van der Waals surface area contributed by atoms with Gasteiger partial charge in [-0.05, 0) is 17.2 Å². The summed E-state index contributed by atoms with van der Waals surface area (Å²) in [6.07, 6.45) is 0. The Kier molecular flexibility index (Phi) is 8.78. The largest absolute Gasteiger partial charge is 0.310 e. The van der Waals surface area contributed by atoms with Crippen molar-refractivity contribution in [2.24, 2.45) is 0 Å². The summed E-state index contributed by atoms with van der Waals surface area (Å²) in [6.45, 7) is 7.01. The van der Waals surface area contributed by atoms with Crippen molar-refractivity contribution in [3.05, 3.63) is 65.7 Å². The number of nitrogens with zero attached hydrogens (tertiary/aromatic N) is 3. The molecule has 2 aromatic rings. The number of para-hydroxylation sites is 1. The highest BCUT2D eigenvalue weighted by atomic mass is 79.9. The molecule has 1 atom stereocenters. The molecule has 1 saturated heterocycles. The number of piperazine rings is 1. The van der Waals surface area contributed by atoms with Gasteiger partial charge in [0.05, 0.1) is 0 Å². The molecule has 0 aliphatic carbocycles. The minimum absolute atomic E-state index is 0. The SMILES string of the molecule is Cl.Cl.O=C1C(Br)c2ccccc2N1CCN1CCN(Cc2ccccc2)CC1. The van der Waals surface area contributed by atoms with Crippen LogP contribution in [-0.2, 0) is 11.3 Å². The summed E-state index contributed by atoms with van der Waals surface area (Å²) in [5, 5.41) is 0. The lowest BCUT2D eigenvalue weighted by molar-refractivity contribution is -0.117. The number of rotatable bonds is 5. The minimum atomic E-state index is -0.193. The van der Waals surface area contributed by atoms with Gasteiger partial charge in [0, 0.05) is 51.5 Å². The Hall–Kier alpha value is -1.11. The number of halogens is 3. The summed E-state index contributed by atoms with van der Waals surface area (Å²) in [4.78, 5) is 19.3. The number of hydrogen-bond acceptors (Lipinski definition) is 3. The van der Waals surface area contributed by atoms with E-state index >= 15 is 0 Å². The van der Waals surface area contributed by atoms with Gasteiger partial charge in [-0.2, -0.15) is 0 Å². The van der Waals surface area contributed by atoms with Crippen LogP contribution in [0.2, 0.25) is 0 Å². The first-order valence-corrected chi connectivity index (χ1v) is 10.2. The fourth-order valence-electron chi connectivity index (χ4n) is 3.82. The molecule has 28 heavy (non-hydrogen) atoms. The Morgan fingerprint density at radius 1 is 0.821 bits per heavy atom. The monoisotopic (exact) mass is 485 g/mol. The van der Waals surface area contributed by atoms with Crippen LogP contribution in [0.25, 0.3) is 0 Å². The molecule has 152 valence electrons. The van der Waals surface area contributed by atoms with Gasteiger partial charge in [0.1, 0.15) is 4.83 Å². The number of amides is 1. The van der Waals surface area contributed by atoms with E-state index in [1.54, 1.807) is 0 Å². The lowest BCUT2D eigenvalue weighted by Crippen LogP contribution is -2.48. The van der Waals surface area contributed by atoms with Crippen molar-refractivity contribution in [3.8, 4) is 0 Å². The van der Waals surface area contributed by atoms with Crippen LogP contribution in [0.1, 0.15) is 16.0 Å². The number of carbonyl (C=O) groups is 1. The Bertz CT molecular complexity index is 769. The minimum Gasteiger partial charge on any atom is -0.310 e. The average Bonchev–Trinajstić information content (AvgIpc) is 2.93. The maximum Gasteiger partial charge on any atom is 0.245 e. The van der Waals surface area contributed by atoms with Crippen molar-refractivity contribution >= 4 is 52.3 Å². The fraction of sp³-hybridized carbons (Fsp3) is 0.381. The van der Waals surface area contributed by atoms with E-state index in [2.05, 4.69) is 56.1 Å². The van der Waals surface area contributed by atoms with Crippen molar-refractivity contribution in [1.82, 2.24) is 9.80 Å². The first-order valence-electron chi connectivity index (χ1n) is 9.25. The molecule has 0 N–H and O–H groups in total. The number of alkyl halides is 1. The molecule has 0 saturated carbocycles. The normalized spacial score (nSPS) is 19.7. The molecule has 4 nitrogen and oxygen atoms in total. The van der Waals surface area contributed by atoms with E-state index < -0.39 is 0 Å². The molecule has 7 heteroatoms. The molecule has 2 heterocycles. The quantitative estimate of drug-likeness (QED) is 0.594. The standard InChI is InChI=1S/C21H24BrN3O.2ClH/c22-20-18-8-4-5-9-19(18)25(21(20)26)15-14-23-10-12-24(13-11-23)16-17-6-2-1-3-7-17;;/h1-9,20H,10-16H2;2*1H. The summed E-state index contributed by atoms with van der Waals surface area (Å²) in [6, 6.07) is 18.8. The molecular weight excluding hydrogens is 461 g/mol. The van der Waals surface area contributed by atoms with Crippen LogP contribution in [0.5, 0.6) is 0 Å². The van der Waals surface area contributed by atoms with Gasteiger partial charge in [0.2, 0.25) is 5.91 Å². The van der Waals surface area contributed by atoms with Gasteiger partial charge in [-0.3, -0.25) is 14.6 Å². The number of benzene rings is 2. The zero-order valence-electron chi connectivity index (χ0n) is 15.7. The molecule has 4 rings (SSSR count). The van der Waals surface area contributed by atoms with E-state index in [1.807, 2.05) is 29.2 Å². The van der Waals surface area contributed by atoms with E-state index in [-0.39, 0.29) is 35.5 Å². The highest BCUT2D eigenvalue weighted by molar-refractivity contribution is 9.09. The Morgan fingerprint density at radius 2 is 1.43 bits per heavy atom. The van der Waals surface area contributed by atoms with Gasteiger partial charge in [0.15, 0.2) is 0 Å². The number of carbonyl (C=O) groups excluding carboxylic acids is 1. The zero-order chi connectivity index (χ0) is 17.9. The second-order valence-electron chi connectivity index (χ2n) is 7.01. The Balaban J connectivity index is 0.00000140. The first kappa shape index (κ1) is 23.2. The highest BCUT2D eigenvalue weighted by Crippen LogP contribution is 2.40. The van der Waals surface area contributed by atoms with Gasteiger partial charge in [-0.25, -0.2) is 0 Å². The van der Waals surface area contributed by atoms with Gasteiger partial charge in [0.25, 0.3) is 0 Å². The third kappa shape index (κ3) is 5.08. The zero-order valence-corrected chi connectivity index (χ0v) is 18.9. The van der Waals surface area contributed by atoms with Crippen LogP contribution >= 0.6 is 40.7 Å². The van der Waals surface area contributed by atoms with E-state index in [4.69, 9.17) is 0 Å². The summed E-state index contributed by atoms with van der Waals surface area (Å²) in [5.41, 5.74) is 3.52. The van der Waals surface area contributed by atoms with E-state index in [9.17, 15) is 4.79 Å². The van der Waals surface area contributed by atoms with Crippen molar-refractivity contribution in [2.75, 3.05) is 44.2 Å². The summed E-state index contributed by atoms with van der Waals surface area (Å²) < 4.78 is 0. The molecule has 1 unspecified atom stereocenters. The highest BCUT2D eigenvalue weighted by Gasteiger charge is 2.35. The van der Waals surface area contributed by atoms with Crippen molar-refractivity contribution < 1.29 is 4.79 Å². The predicted molar refractivity (Wildman–Crippen MR) is 123 cm³/mol. The van der Waals surface area contributed by atoms with Crippen LogP contribution in [-0.4, -0.2) is 55.0 Å². The van der Waals surface area contributed by atoms with Crippen LogP contribution < -0.4 is 4.90 Å². The molecule has 2 aliphatic heterocycles. The van der Waals surface area contributed by atoms with Gasteiger partial charge in [-0.1, -0.05) is 64.5 Å². The maximum atomic E-state index is 12.5. The van der Waals surface area contributed by atoms with Gasteiger partial charge < -0.3 is 4.90 Å². The second-order valence-corrected chi connectivity index (χ2v) is 7.93. The third-order valence-electron chi connectivity index (χ3n) is 5.34. The maximum absolute atomic E-state index is 12.5. The van der Waals surface area contributed by atoms with Crippen LogP contribution in [0, 0.1) is 0 Å². The first-order chi connectivity index (χ1) is 12.7. The molecule has 2 aliphatic rings. The molecular formula is C21H26BrCl2N3O. The molecule has 0 radical (unpaired) electrons. The lowest BCUT2D eigenvalue weighted by atomic mass is 10.2. The molecule has 2 aromatic carbocycles. The number of fused-ring (bicyclic) bond motifs is 1. The molecule has 1 fully saturated rings. The van der Waals surface area contributed by atoms with Gasteiger partial charge >= 0.3 is 0 Å². The Labute approximate surface area is 187 Å². The summed E-state index contributed by atoms with van der Waals surface area (Å²) in [7, 11) is 0. The van der Waals surface area contributed by atoms with E-state index in [0.29, 0.717) is 0 Å². The topological polar surface area (TPSA) is 26.8 Å². The second kappa shape index (κ2) is 10.6. The molecule has 0 spiro atoms. The number of hydrogen-bond donors (Lipinski definition) is 0. The van der Waals surface area contributed by atoms with Crippen molar-refractivity contribution in [2.45, 2.75) is 11.4 Å². The molecule has 1 amide bonds. The van der Waals surface area contributed by atoms with Crippen molar-refractivity contribution in [3.63, 3.8) is 0 Å². The van der Waals surface area contributed by atoms with E-state index in [1.165, 1.54) is 5.56 Å². The molecule has 0 bridgehead atoms.